The van der Waals surface area contributed by atoms with Gasteiger partial charge in [-0.25, -0.2) is 14.4 Å². The van der Waals surface area contributed by atoms with Crippen LogP contribution in [0, 0.1) is 23.7 Å². The van der Waals surface area contributed by atoms with Crippen LogP contribution in [0.5, 0.6) is 5.75 Å². The highest BCUT2D eigenvalue weighted by Crippen LogP contribution is 2.33. The molecule has 9 N–H and O–H groups in total. The van der Waals surface area contributed by atoms with Gasteiger partial charge in [-0.1, -0.05) is 107 Å². The topological polar surface area (TPSA) is 359 Å². The zero-order chi connectivity index (χ0) is 63.6. The van der Waals surface area contributed by atoms with Gasteiger partial charge in [0.2, 0.25) is 41.7 Å². The maximum atomic E-state index is 14.8. The minimum Gasteiger partial charge on any atom is -0.480 e. The van der Waals surface area contributed by atoms with Gasteiger partial charge in [0, 0.05) is 54.2 Å². The number of ether oxygens (including phenoxy) is 5. The third-order valence-corrected chi connectivity index (χ3v) is 16.0. The van der Waals surface area contributed by atoms with E-state index in [1.165, 1.54) is 44.4 Å². The van der Waals surface area contributed by atoms with E-state index in [1.807, 2.05) is 19.9 Å². The number of rotatable bonds is 31. The average Bonchev–Trinajstić information content (AvgIpc) is 4.01. The molecule has 0 spiro atoms. The minimum atomic E-state index is -2.01. The number of nitrogens with one attached hydrogen (secondary N) is 4. The predicted octanol–water partition coefficient (Wildman–Crippen LogP) is 2.26. The molecule has 474 valence electrons. The van der Waals surface area contributed by atoms with Gasteiger partial charge in [-0.2, -0.15) is 0 Å². The predicted molar refractivity (Wildman–Crippen MR) is 311 cm³/mol. The highest BCUT2D eigenvalue weighted by molar-refractivity contribution is 9.09. The van der Waals surface area contributed by atoms with E-state index >= 15 is 0 Å². The lowest BCUT2D eigenvalue weighted by molar-refractivity contribution is -0.271. The second kappa shape index (κ2) is 33.4. The molecule has 7 amide bonds. The van der Waals surface area contributed by atoms with Crippen LogP contribution in [0.2, 0.25) is 0 Å². The van der Waals surface area contributed by atoms with Gasteiger partial charge in [0.15, 0.2) is 6.10 Å². The molecule has 2 aromatic carbocycles. The Labute approximate surface area is 504 Å². The molecule has 2 fully saturated rings. The molecular formula is C58H86BrN7O19. The highest BCUT2D eigenvalue weighted by atomic mass is 79.9. The number of likely N-dealkylation sites (N-methyl/N-ethyl adjacent to an activating group) is 2. The summed E-state index contributed by atoms with van der Waals surface area (Å²) in [5.74, 6) is -8.16. The van der Waals surface area contributed by atoms with Gasteiger partial charge in [-0.3, -0.25) is 33.7 Å². The summed E-state index contributed by atoms with van der Waals surface area (Å²) in [5.41, 5.74) is 0.900. The summed E-state index contributed by atoms with van der Waals surface area (Å²) in [6.45, 7) is 12.3. The molecule has 2 heterocycles. The number of amides is 7. The lowest BCUT2D eigenvalue weighted by Gasteiger charge is -2.41. The van der Waals surface area contributed by atoms with E-state index in [1.54, 1.807) is 70.8 Å². The van der Waals surface area contributed by atoms with Crippen LogP contribution >= 0.6 is 15.9 Å². The maximum absolute atomic E-state index is 14.8. The van der Waals surface area contributed by atoms with Gasteiger partial charge in [0.05, 0.1) is 47.6 Å². The molecule has 26 nitrogen and oxygen atoms in total. The van der Waals surface area contributed by atoms with Crippen LogP contribution in [-0.2, 0) is 70.3 Å². The summed E-state index contributed by atoms with van der Waals surface area (Å²) in [7, 11) is 5.83. The third-order valence-electron chi connectivity index (χ3n) is 15.5. The molecule has 2 aromatic rings. The number of carboxylic acids is 2. The van der Waals surface area contributed by atoms with Crippen molar-refractivity contribution in [3.63, 3.8) is 0 Å². The number of carbonyl (C=O) groups is 9. The zero-order valence-corrected chi connectivity index (χ0v) is 51.7. The molecule has 85 heavy (non-hydrogen) atoms. The largest absolute Gasteiger partial charge is 0.480 e. The number of carbonyl (C=O) groups excluding carboxylic acids is 7. The van der Waals surface area contributed by atoms with Crippen molar-refractivity contribution in [3.8, 4) is 5.75 Å². The number of alkyl halides is 1. The van der Waals surface area contributed by atoms with Crippen molar-refractivity contribution in [2.45, 2.75) is 167 Å². The number of carboxylic acid groups (broad SMARTS) is 2. The number of hydrogen-bond donors (Lipinski definition) is 9. The van der Waals surface area contributed by atoms with Crippen molar-refractivity contribution < 1.29 is 92.4 Å². The molecule has 2 saturated heterocycles. The summed E-state index contributed by atoms with van der Waals surface area (Å²) in [6, 6.07) is 8.19. The molecule has 14 atom stereocenters. The van der Waals surface area contributed by atoms with Crippen LogP contribution in [-0.4, -0.2) is 214 Å². The Balaban J connectivity index is 1.49. The van der Waals surface area contributed by atoms with E-state index in [0.29, 0.717) is 25.8 Å². The molecule has 4 rings (SSSR count). The normalized spacial score (nSPS) is 21.4. The average molecular weight is 1270 g/mol. The summed E-state index contributed by atoms with van der Waals surface area (Å²) in [5, 5.41) is 61.4. The fraction of sp³-hybridized carbons (Fsp3) is 0.638. The number of methoxy groups -OCH3 is 2. The van der Waals surface area contributed by atoms with E-state index in [0.717, 1.165) is 10.5 Å². The SMILES string of the molecule is CC[C@@H](C)[C@@H]([C@@H](CC(=O)N1CCC[C@H]1[C@H](OC)[C@@H](C)C(=O)N[C@@H](Cc1ccccc1)C(=O)O)OC)N(C)C(=O)[C@@H](NC(=O)[C@H](C(C)C)N(C)C(=O)OCc1ccc(O[C@@H]2O[C@H](C(=O)O)[C@@H](O)[C@H](O)[C@H]2O)c(NC(=O)CCNC(=O)CBr)c1)C(C)C. The number of benzene rings is 2. The third kappa shape index (κ3) is 19.3. The Hall–Kier alpha value is -6.49. The molecule has 27 heteroatoms. The summed E-state index contributed by atoms with van der Waals surface area (Å²) in [4.78, 5) is 124. The first kappa shape index (κ1) is 71.0. The number of nitrogens with zero attached hydrogens (tertiary/aromatic N) is 3. The monoisotopic (exact) mass is 1260 g/mol. The second-order valence-corrected chi connectivity index (χ2v) is 22.8. The number of anilines is 1. The van der Waals surface area contributed by atoms with E-state index in [4.69, 9.17) is 23.7 Å². The Morgan fingerprint density at radius 3 is 2.06 bits per heavy atom. The molecule has 0 aliphatic carbocycles. The fourth-order valence-corrected chi connectivity index (χ4v) is 10.8. The van der Waals surface area contributed by atoms with Gasteiger partial charge in [-0.15, -0.1) is 0 Å². The van der Waals surface area contributed by atoms with Crippen LogP contribution in [0.15, 0.2) is 48.5 Å². The van der Waals surface area contributed by atoms with Crippen molar-refractivity contribution in [1.29, 1.82) is 0 Å². The fourth-order valence-electron chi connectivity index (χ4n) is 10.6. The van der Waals surface area contributed by atoms with Crippen molar-refractivity contribution in [1.82, 2.24) is 30.7 Å². The van der Waals surface area contributed by atoms with E-state index < -0.39 is 139 Å². The molecule has 0 radical (unpaired) electrons. The van der Waals surface area contributed by atoms with Gasteiger partial charge in [-0.05, 0) is 53.9 Å². The lowest BCUT2D eigenvalue weighted by Crippen LogP contribution is -2.61. The first-order valence-corrected chi connectivity index (χ1v) is 29.5. The lowest BCUT2D eigenvalue weighted by atomic mass is 9.89. The summed E-state index contributed by atoms with van der Waals surface area (Å²) in [6.07, 6.45) is -11.0. The van der Waals surface area contributed by atoms with Crippen molar-refractivity contribution >= 4 is 75.1 Å². The van der Waals surface area contributed by atoms with Crippen LogP contribution in [0.3, 0.4) is 0 Å². The summed E-state index contributed by atoms with van der Waals surface area (Å²) >= 11 is 3.02. The Morgan fingerprint density at radius 1 is 0.812 bits per heavy atom. The Kier molecular flexibility index (Phi) is 27.9. The van der Waals surface area contributed by atoms with Crippen LogP contribution in [0.25, 0.3) is 0 Å². The zero-order valence-electron chi connectivity index (χ0n) is 50.1. The quantitative estimate of drug-likeness (QED) is 0.0489. The van der Waals surface area contributed by atoms with Gasteiger partial charge < -0.3 is 80.3 Å². The molecule has 0 saturated carbocycles. The van der Waals surface area contributed by atoms with Crippen molar-refractivity contribution in [2.75, 3.05) is 52.1 Å². The number of aliphatic hydroxyl groups is 3. The molecule has 0 aromatic heterocycles. The van der Waals surface area contributed by atoms with E-state index in [9.17, 15) is 68.7 Å². The standard InChI is InChI=1S/C58H86BrN7O19/c1-12-32(6)46(40(81-10)27-43(69)66-24-16-19-38(66)50(82-11)33(7)52(73)62-37(55(76)77)25-34-17-14-13-15-18-34)64(8)54(75)44(30(2)3)63-53(74)45(31(4)5)65(9)58(80)83-29-35-20-21-39(36(26-35)61-41(67)22-23-60-42(68)28-59)84-57-49(72)47(70)48(71)51(85-57)56(78)79/h13-15,17-18,20-21,26,30-33,37-38,40,44-51,57,70-72H,12,16,19,22-25,27-29H2,1-11H3,(H,60,68)(H,61,67)(H,62,73)(H,63,74)(H,76,77)(H,78,79)/t32-,33-,37+,38+,40-,44+,45+,46+,47+,48+,49-,50-,51+,57-/m1/s1. The second-order valence-electron chi connectivity index (χ2n) is 22.2. The smallest absolute Gasteiger partial charge is 0.410 e. The number of aliphatic carboxylic acids is 2. The molecule has 0 unspecified atom stereocenters. The maximum Gasteiger partial charge on any atom is 0.410 e. The number of aliphatic hydroxyl groups excluding tert-OH is 3. The molecule has 0 bridgehead atoms. The van der Waals surface area contributed by atoms with Crippen molar-refractivity contribution in [3.05, 3.63) is 59.7 Å². The summed E-state index contributed by atoms with van der Waals surface area (Å²) < 4.78 is 28.6. The Bertz CT molecular complexity index is 2600. The minimum absolute atomic E-state index is 0.00691. The molecule has 2 aliphatic rings. The first-order chi connectivity index (χ1) is 40.1. The number of halogens is 1. The highest BCUT2D eigenvalue weighted by Gasteiger charge is 2.49. The van der Waals surface area contributed by atoms with Gasteiger partial charge >= 0.3 is 18.0 Å². The van der Waals surface area contributed by atoms with Crippen LogP contribution < -0.4 is 26.0 Å². The van der Waals surface area contributed by atoms with Gasteiger partial charge in [0.25, 0.3) is 0 Å². The van der Waals surface area contributed by atoms with Crippen LogP contribution in [0.1, 0.15) is 91.7 Å². The van der Waals surface area contributed by atoms with Gasteiger partial charge in [0.1, 0.15) is 48.8 Å². The molecule has 2 aliphatic heterocycles. The first-order valence-electron chi connectivity index (χ1n) is 28.4. The van der Waals surface area contributed by atoms with E-state index in [-0.39, 0.29) is 65.9 Å². The number of likely N-dealkylation sites (tertiary alicyclic amines) is 1. The van der Waals surface area contributed by atoms with Crippen LogP contribution in [0.4, 0.5) is 10.5 Å². The van der Waals surface area contributed by atoms with E-state index in [2.05, 4.69) is 37.2 Å². The van der Waals surface area contributed by atoms with Crippen molar-refractivity contribution in [2.24, 2.45) is 23.7 Å². The molecular weight excluding hydrogens is 1180 g/mol. The Morgan fingerprint density at radius 2 is 1.48 bits per heavy atom. The number of hydrogen-bond acceptors (Lipinski definition) is 17.